The fraction of sp³-hybridized carbons (Fsp3) is 0.438. The van der Waals surface area contributed by atoms with Crippen molar-refractivity contribution in [1.82, 2.24) is 14.7 Å². The summed E-state index contributed by atoms with van der Waals surface area (Å²) < 4.78 is 14.7. The predicted octanol–water partition coefficient (Wildman–Crippen LogP) is 1.91. The van der Waals surface area contributed by atoms with Crippen molar-refractivity contribution in [3.8, 4) is 0 Å². The molecule has 0 saturated heterocycles. The van der Waals surface area contributed by atoms with Crippen LogP contribution in [0.4, 0.5) is 10.1 Å². The van der Waals surface area contributed by atoms with Gasteiger partial charge in [0, 0.05) is 19.1 Å². The average molecular weight is 334 g/mol. The molecule has 0 saturated carbocycles. The number of benzene rings is 1. The first kappa shape index (κ1) is 16.5. The largest absolute Gasteiger partial charge is 0.390 e. The van der Waals surface area contributed by atoms with Crippen LogP contribution in [0.5, 0.6) is 0 Å². The SMILES string of the molecule is C[C@@H]1c2ccc(F)cc2CCN1C[C@H](O)Cn1cc([N+](=O)[O-])cn1. The van der Waals surface area contributed by atoms with Gasteiger partial charge in [0.15, 0.2) is 0 Å². The quantitative estimate of drug-likeness (QED) is 0.667. The van der Waals surface area contributed by atoms with Crippen LogP contribution < -0.4 is 0 Å². The minimum absolute atomic E-state index is 0.0796. The lowest BCUT2D eigenvalue weighted by molar-refractivity contribution is -0.385. The molecule has 3 rings (SSSR count). The Morgan fingerprint density at radius 1 is 1.50 bits per heavy atom. The Hall–Kier alpha value is -2.32. The van der Waals surface area contributed by atoms with Crippen LogP contribution in [0, 0.1) is 15.9 Å². The van der Waals surface area contributed by atoms with E-state index in [1.807, 2.05) is 6.92 Å². The number of nitro groups is 1. The first-order chi connectivity index (χ1) is 11.4. The Balaban J connectivity index is 1.63. The molecule has 1 aromatic heterocycles. The van der Waals surface area contributed by atoms with Gasteiger partial charge in [-0.3, -0.25) is 19.7 Å². The topological polar surface area (TPSA) is 84.4 Å². The number of aromatic nitrogens is 2. The summed E-state index contributed by atoms with van der Waals surface area (Å²) in [7, 11) is 0. The molecule has 1 N–H and O–H groups in total. The van der Waals surface area contributed by atoms with Crippen molar-refractivity contribution in [3.63, 3.8) is 0 Å². The highest BCUT2D eigenvalue weighted by Gasteiger charge is 2.26. The number of nitrogens with zero attached hydrogens (tertiary/aromatic N) is 4. The van der Waals surface area contributed by atoms with Crippen molar-refractivity contribution in [2.45, 2.75) is 32.0 Å². The number of rotatable bonds is 5. The van der Waals surface area contributed by atoms with Gasteiger partial charge in [-0.1, -0.05) is 6.07 Å². The van der Waals surface area contributed by atoms with E-state index >= 15 is 0 Å². The van der Waals surface area contributed by atoms with Crippen molar-refractivity contribution in [2.24, 2.45) is 0 Å². The van der Waals surface area contributed by atoms with Gasteiger partial charge in [0.2, 0.25) is 0 Å². The molecule has 0 bridgehead atoms. The minimum atomic E-state index is -0.700. The molecule has 24 heavy (non-hydrogen) atoms. The molecule has 0 radical (unpaired) electrons. The monoisotopic (exact) mass is 334 g/mol. The summed E-state index contributed by atoms with van der Waals surface area (Å²) in [6.45, 7) is 3.37. The average Bonchev–Trinajstić information content (AvgIpc) is 2.98. The predicted molar refractivity (Wildman–Crippen MR) is 85.0 cm³/mol. The van der Waals surface area contributed by atoms with E-state index in [4.69, 9.17) is 0 Å². The van der Waals surface area contributed by atoms with Crippen molar-refractivity contribution >= 4 is 5.69 Å². The van der Waals surface area contributed by atoms with E-state index in [0.29, 0.717) is 6.54 Å². The second-order valence-corrected chi connectivity index (χ2v) is 6.10. The van der Waals surface area contributed by atoms with Gasteiger partial charge in [-0.2, -0.15) is 5.10 Å². The zero-order chi connectivity index (χ0) is 17.3. The van der Waals surface area contributed by atoms with Gasteiger partial charge in [0.05, 0.1) is 17.6 Å². The van der Waals surface area contributed by atoms with E-state index in [9.17, 15) is 19.6 Å². The molecule has 1 aliphatic heterocycles. The summed E-state index contributed by atoms with van der Waals surface area (Å²) in [6, 6.07) is 4.90. The second-order valence-electron chi connectivity index (χ2n) is 6.10. The standard InChI is InChI=1S/C16H19FN4O3/c1-11-16-3-2-13(17)6-12(16)4-5-19(11)9-15(22)10-20-8-14(7-18-20)21(23)24/h2-3,6-8,11,15,22H,4-5,9-10H2,1H3/t11-,15+/m1/s1. The van der Waals surface area contributed by atoms with E-state index in [-0.39, 0.29) is 24.1 Å². The molecule has 7 nitrogen and oxygen atoms in total. The number of aliphatic hydroxyl groups is 1. The Kier molecular flexibility index (Phi) is 4.59. The Labute approximate surface area is 138 Å². The van der Waals surface area contributed by atoms with E-state index in [2.05, 4.69) is 10.00 Å². The highest BCUT2D eigenvalue weighted by Crippen LogP contribution is 2.29. The molecule has 0 unspecified atom stereocenters. The van der Waals surface area contributed by atoms with Crippen LogP contribution in [0.3, 0.4) is 0 Å². The summed E-state index contributed by atoms with van der Waals surface area (Å²) in [5.74, 6) is -0.227. The molecule has 8 heteroatoms. The number of fused-ring (bicyclic) bond motifs is 1. The van der Waals surface area contributed by atoms with Crippen LogP contribution >= 0.6 is 0 Å². The van der Waals surface area contributed by atoms with Gasteiger partial charge < -0.3 is 5.11 Å². The summed E-state index contributed by atoms with van der Waals surface area (Å²) in [6.07, 6.45) is 2.51. The second kappa shape index (κ2) is 6.66. The molecule has 2 aromatic rings. The molecule has 0 amide bonds. The zero-order valence-corrected chi connectivity index (χ0v) is 13.3. The zero-order valence-electron chi connectivity index (χ0n) is 13.3. The Bertz CT molecular complexity index is 749. The third-order valence-electron chi connectivity index (χ3n) is 4.44. The first-order valence-corrected chi connectivity index (χ1v) is 7.81. The number of hydrogen-bond acceptors (Lipinski definition) is 5. The molecule has 0 aliphatic carbocycles. The van der Waals surface area contributed by atoms with Gasteiger partial charge in [0.1, 0.15) is 18.2 Å². The lowest BCUT2D eigenvalue weighted by Crippen LogP contribution is -2.40. The van der Waals surface area contributed by atoms with Crippen LogP contribution in [-0.4, -0.2) is 43.9 Å². The maximum absolute atomic E-state index is 13.3. The van der Waals surface area contributed by atoms with Gasteiger partial charge in [0.25, 0.3) is 0 Å². The molecule has 128 valence electrons. The Morgan fingerprint density at radius 3 is 3.00 bits per heavy atom. The molecule has 1 aromatic carbocycles. The third-order valence-corrected chi connectivity index (χ3v) is 4.44. The molecule has 0 fully saturated rings. The molecule has 1 aliphatic rings. The fourth-order valence-electron chi connectivity index (χ4n) is 3.19. The summed E-state index contributed by atoms with van der Waals surface area (Å²) in [4.78, 5) is 12.3. The molecule has 0 spiro atoms. The Morgan fingerprint density at radius 2 is 2.29 bits per heavy atom. The van der Waals surface area contributed by atoms with Gasteiger partial charge >= 0.3 is 5.69 Å². The van der Waals surface area contributed by atoms with Gasteiger partial charge in [-0.25, -0.2) is 4.39 Å². The molecular formula is C16H19FN4O3. The molecule has 2 atom stereocenters. The van der Waals surface area contributed by atoms with Crippen molar-refractivity contribution in [3.05, 3.63) is 57.7 Å². The van der Waals surface area contributed by atoms with Gasteiger partial charge in [-0.15, -0.1) is 0 Å². The van der Waals surface area contributed by atoms with E-state index in [1.54, 1.807) is 12.1 Å². The van der Waals surface area contributed by atoms with Crippen molar-refractivity contribution < 1.29 is 14.4 Å². The van der Waals surface area contributed by atoms with E-state index < -0.39 is 11.0 Å². The van der Waals surface area contributed by atoms with Gasteiger partial charge in [-0.05, 0) is 36.6 Å². The number of aliphatic hydroxyl groups excluding tert-OH is 1. The molecule has 2 heterocycles. The minimum Gasteiger partial charge on any atom is -0.390 e. The number of β-amino-alcohol motifs (C(OH)–C–C–N with tert-alkyl or cyclic N) is 1. The summed E-state index contributed by atoms with van der Waals surface area (Å²) in [5, 5.41) is 24.8. The lowest BCUT2D eigenvalue weighted by atomic mass is 9.93. The molecular weight excluding hydrogens is 315 g/mol. The number of halogens is 1. The lowest BCUT2D eigenvalue weighted by Gasteiger charge is -2.36. The number of hydrogen-bond donors (Lipinski definition) is 1. The van der Waals surface area contributed by atoms with Crippen LogP contribution in [-0.2, 0) is 13.0 Å². The fourth-order valence-corrected chi connectivity index (χ4v) is 3.19. The summed E-state index contributed by atoms with van der Waals surface area (Å²) >= 11 is 0. The normalized spacial score (nSPS) is 19.0. The van der Waals surface area contributed by atoms with Crippen LogP contribution in [0.25, 0.3) is 0 Å². The first-order valence-electron chi connectivity index (χ1n) is 7.81. The smallest absolute Gasteiger partial charge is 0.306 e. The summed E-state index contributed by atoms with van der Waals surface area (Å²) in [5.41, 5.74) is 1.99. The highest BCUT2D eigenvalue weighted by molar-refractivity contribution is 5.32. The van der Waals surface area contributed by atoms with E-state index in [1.165, 1.54) is 23.1 Å². The third kappa shape index (κ3) is 3.44. The maximum Gasteiger partial charge on any atom is 0.306 e. The van der Waals surface area contributed by atoms with Crippen molar-refractivity contribution in [1.29, 1.82) is 0 Å². The van der Waals surface area contributed by atoms with Crippen LogP contribution in [0.2, 0.25) is 0 Å². The van der Waals surface area contributed by atoms with Crippen LogP contribution in [0.1, 0.15) is 24.1 Å². The van der Waals surface area contributed by atoms with E-state index in [0.717, 1.165) is 24.1 Å². The maximum atomic E-state index is 13.3. The van der Waals surface area contributed by atoms with Crippen molar-refractivity contribution in [2.75, 3.05) is 13.1 Å². The highest BCUT2D eigenvalue weighted by atomic mass is 19.1. The van der Waals surface area contributed by atoms with Crippen LogP contribution in [0.15, 0.2) is 30.6 Å².